The Hall–Kier alpha value is -4.57. The molecule has 0 fully saturated rings. The van der Waals surface area contributed by atoms with Crippen molar-refractivity contribution in [2.75, 3.05) is 18.6 Å². The molecule has 0 amide bonds. The van der Waals surface area contributed by atoms with Gasteiger partial charge in [0.25, 0.3) is 0 Å². The smallest absolute Gasteiger partial charge is 0.338 e. The number of ketones is 1. The molecule has 1 aliphatic heterocycles. The van der Waals surface area contributed by atoms with E-state index in [0.717, 1.165) is 11.3 Å². The molecule has 1 unspecified atom stereocenters. The Balaban J connectivity index is 1.58. The van der Waals surface area contributed by atoms with Crippen molar-refractivity contribution >= 4 is 39.1 Å². The second-order valence-corrected chi connectivity index (χ2v) is 10.6. The second-order valence-electron chi connectivity index (χ2n) is 9.73. The number of halogens is 1. The average Bonchev–Trinajstić information content (AvgIpc) is 3.46. The number of nitrogens with two attached hydrogens (primary N) is 1. The number of Topliss-reactive ketones (excluding diaryl/α,β-unsaturated/α-hetero) is 1. The van der Waals surface area contributed by atoms with Crippen molar-refractivity contribution in [2.24, 2.45) is 5.73 Å². The molecule has 3 heterocycles. The molecule has 0 bridgehead atoms. The number of fused-ring (bicyclic) bond motifs is 1. The summed E-state index contributed by atoms with van der Waals surface area (Å²) in [5.41, 5.74) is 9.84. The van der Waals surface area contributed by atoms with Crippen LogP contribution in [0.4, 0.5) is 9.52 Å². The second kappa shape index (κ2) is 10.8. The number of nitrogens with zero attached hydrogens (tertiary/aromatic N) is 3. The number of pyridine rings is 1. The molecule has 2 N–H and O–H groups in total. The molecule has 1 atom stereocenters. The molecule has 2 aliphatic rings. The lowest BCUT2D eigenvalue weighted by Crippen LogP contribution is -2.41. The van der Waals surface area contributed by atoms with E-state index in [1.165, 1.54) is 18.4 Å². The maximum Gasteiger partial charge on any atom is 0.338 e. The number of aromatic nitrogens is 2. The van der Waals surface area contributed by atoms with Crippen molar-refractivity contribution in [2.45, 2.75) is 32.1 Å². The summed E-state index contributed by atoms with van der Waals surface area (Å²) in [6.07, 6.45) is 1.36. The van der Waals surface area contributed by atoms with E-state index in [1.54, 1.807) is 36.1 Å². The number of hydrogen-bond donors (Lipinski definition) is 1. The van der Waals surface area contributed by atoms with Crippen molar-refractivity contribution in [1.29, 1.82) is 0 Å². The zero-order valence-corrected chi connectivity index (χ0v) is 23.3. The number of methoxy groups -OCH3 is 1. The highest BCUT2D eigenvalue weighted by Crippen LogP contribution is 2.48. The predicted octanol–water partition coefficient (Wildman–Crippen LogP) is 5.85. The van der Waals surface area contributed by atoms with Crippen LogP contribution < -0.4 is 15.4 Å². The molecule has 2 aromatic heterocycles. The highest BCUT2D eigenvalue weighted by molar-refractivity contribution is 7.14. The van der Waals surface area contributed by atoms with E-state index in [-0.39, 0.29) is 35.8 Å². The summed E-state index contributed by atoms with van der Waals surface area (Å²) in [4.78, 5) is 37.9. The van der Waals surface area contributed by atoms with E-state index < -0.39 is 17.8 Å². The molecular formula is C31H27FN4O4S. The number of ether oxygens (including phenoxy) is 2. The largest absolute Gasteiger partial charge is 0.497 e. The first-order valence-corrected chi connectivity index (χ1v) is 14.2. The number of hydrogen-bond acceptors (Lipinski definition) is 9. The van der Waals surface area contributed by atoms with E-state index in [0.29, 0.717) is 45.9 Å². The van der Waals surface area contributed by atoms with Crippen molar-refractivity contribution in [3.63, 3.8) is 0 Å². The lowest BCUT2D eigenvalue weighted by Gasteiger charge is -2.39. The lowest BCUT2D eigenvalue weighted by atomic mass is 9.75. The maximum atomic E-state index is 15.8. The third-order valence-corrected chi connectivity index (χ3v) is 8.18. The van der Waals surface area contributed by atoms with Gasteiger partial charge in [0.15, 0.2) is 10.9 Å². The standard InChI is InChI=1S/C31H27FN4O4S/c1-3-40-30(38)27-25(20-15-18-14-19(39-2)12-13-21(18)34-28(20)32)26-23(10-7-11-24(26)37)36(29(27)33)31-35-22(16-41-31)17-8-5-4-6-9-17/h4-6,8-9,12-16,25H,3,7,10-11,33H2,1-2H3. The SMILES string of the molecule is CCOC(=O)C1=C(N)N(c2nc(-c3ccccc3)cs2)C2=C(C(=O)CCC2)C1c1cc2cc(OC)ccc2nc1F. The Morgan fingerprint density at radius 2 is 1.95 bits per heavy atom. The minimum absolute atomic E-state index is 0.0137. The van der Waals surface area contributed by atoms with Crippen LogP contribution in [0.2, 0.25) is 0 Å². The third kappa shape index (κ3) is 4.63. The monoisotopic (exact) mass is 570 g/mol. The first-order valence-electron chi connectivity index (χ1n) is 13.3. The first kappa shape index (κ1) is 26.6. The number of allylic oxidation sites excluding steroid dienone is 2. The molecule has 0 spiro atoms. The minimum atomic E-state index is -1.09. The lowest BCUT2D eigenvalue weighted by molar-refractivity contribution is -0.138. The Labute approximate surface area is 239 Å². The summed E-state index contributed by atoms with van der Waals surface area (Å²) in [7, 11) is 1.54. The Morgan fingerprint density at radius 3 is 2.71 bits per heavy atom. The molecule has 0 saturated heterocycles. The molecule has 41 heavy (non-hydrogen) atoms. The number of esters is 1. The number of rotatable bonds is 6. The van der Waals surface area contributed by atoms with Crippen molar-refractivity contribution in [3.05, 3.63) is 94.2 Å². The summed E-state index contributed by atoms with van der Waals surface area (Å²) in [6, 6.07) is 16.4. The molecule has 0 radical (unpaired) electrons. The van der Waals surface area contributed by atoms with E-state index in [2.05, 4.69) is 4.98 Å². The van der Waals surface area contributed by atoms with Crippen molar-refractivity contribution in [1.82, 2.24) is 9.97 Å². The zero-order chi connectivity index (χ0) is 28.7. The van der Waals surface area contributed by atoms with Gasteiger partial charge in [0.1, 0.15) is 11.6 Å². The van der Waals surface area contributed by atoms with Gasteiger partial charge in [-0.1, -0.05) is 30.3 Å². The normalized spacial score (nSPS) is 17.2. The van der Waals surface area contributed by atoms with Crippen molar-refractivity contribution < 1.29 is 23.5 Å². The average molecular weight is 571 g/mol. The van der Waals surface area contributed by atoms with Crippen LogP contribution in [0.5, 0.6) is 5.75 Å². The Bertz CT molecular complexity index is 1750. The van der Waals surface area contributed by atoms with Crippen LogP contribution in [-0.4, -0.2) is 35.4 Å². The molecule has 6 rings (SSSR count). The van der Waals surface area contributed by atoms with Gasteiger partial charge in [-0.3, -0.25) is 9.69 Å². The summed E-state index contributed by atoms with van der Waals surface area (Å²) < 4.78 is 26.6. The fourth-order valence-electron chi connectivity index (χ4n) is 5.51. The van der Waals surface area contributed by atoms with Crippen LogP contribution in [0.3, 0.4) is 0 Å². The van der Waals surface area contributed by atoms with Crippen LogP contribution in [-0.2, 0) is 14.3 Å². The molecule has 0 saturated carbocycles. The number of anilines is 1. The molecule has 8 nitrogen and oxygen atoms in total. The molecule has 208 valence electrons. The molecule has 4 aromatic rings. The number of benzene rings is 2. The first-order chi connectivity index (χ1) is 19.9. The topological polar surface area (TPSA) is 108 Å². The van der Waals surface area contributed by atoms with Crippen LogP contribution in [0.25, 0.3) is 22.2 Å². The molecular weight excluding hydrogens is 543 g/mol. The summed E-state index contributed by atoms with van der Waals surface area (Å²) in [6.45, 7) is 1.76. The number of thiazole rings is 1. The molecule has 1 aliphatic carbocycles. The van der Waals surface area contributed by atoms with Crippen LogP contribution in [0.1, 0.15) is 37.7 Å². The van der Waals surface area contributed by atoms with Gasteiger partial charge in [0, 0.05) is 39.6 Å². The van der Waals surface area contributed by atoms with Crippen molar-refractivity contribution in [3.8, 4) is 17.0 Å². The highest BCUT2D eigenvalue weighted by Gasteiger charge is 2.45. The van der Waals surface area contributed by atoms with Crippen LogP contribution in [0.15, 0.2) is 82.6 Å². The van der Waals surface area contributed by atoms with Crippen LogP contribution >= 0.6 is 11.3 Å². The summed E-state index contributed by atoms with van der Waals surface area (Å²) in [5, 5.41) is 3.01. The number of carbonyl (C=O) groups excluding carboxylic acids is 2. The van der Waals surface area contributed by atoms with Gasteiger partial charge >= 0.3 is 5.97 Å². The van der Waals surface area contributed by atoms with Gasteiger partial charge in [-0.05, 0) is 44.0 Å². The summed E-state index contributed by atoms with van der Waals surface area (Å²) >= 11 is 1.35. The predicted molar refractivity (Wildman–Crippen MR) is 155 cm³/mol. The van der Waals surface area contributed by atoms with Crippen LogP contribution in [0, 0.1) is 5.95 Å². The quantitative estimate of drug-likeness (QED) is 0.227. The maximum absolute atomic E-state index is 15.8. The van der Waals surface area contributed by atoms with E-state index >= 15 is 4.39 Å². The highest BCUT2D eigenvalue weighted by atomic mass is 32.1. The number of carbonyl (C=O) groups is 2. The van der Waals surface area contributed by atoms with E-state index in [4.69, 9.17) is 20.2 Å². The molecule has 2 aromatic carbocycles. The minimum Gasteiger partial charge on any atom is -0.497 e. The van der Waals surface area contributed by atoms with Gasteiger partial charge in [0.05, 0.1) is 36.4 Å². The van der Waals surface area contributed by atoms with Gasteiger partial charge in [-0.15, -0.1) is 11.3 Å². The van der Waals surface area contributed by atoms with Gasteiger partial charge in [-0.25, -0.2) is 14.8 Å². The van der Waals surface area contributed by atoms with Gasteiger partial charge < -0.3 is 15.2 Å². The van der Waals surface area contributed by atoms with Gasteiger partial charge in [-0.2, -0.15) is 4.39 Å². The van der Waals surface area contributed by atoms with E-state index in [1.807, 2.05) is 35.7 Å². The Kier molecular flexibility index (Phi) is 7.00. The van der Waals surface area contributed by atoms with E-state index in [9.17, 15) is 9.59 Å². The van der Waals surface area contributed by atoms with Gasteiger partial charge in [0.2, 0.25) is 5.95 Å². The Morgan fingerprint density at radius 1 is 1.15 bits per heavy atom. The molecule has 10 heteroatoms. The zero-order valence-electron chi connectivity index (χ0n) is 22.5. The fraction of sp³-hybridized carbons (Fsp3) is 0.226. The fourth-order valence-corrected chi connectivity index (χ4v) is 6.38. The summed E-state index contributed by atoms with van der Waals surface area (Å²) in [5.74, 6) is -2.17. The third-order valence-electron chi connectivity index (χ3n) is 7.35.